The van der Waals surface area contributed by atoms with Crippen molar-refractivity contribution in [3.8, 4) is 0 Å². The first-order chi connectivity index (χ1) is 11.9. The molecule has 0 saturated heterocycles. The third-order valence-electron chi connectivity index (χ3n) is 3.53. The third kappa shape index (κ3) is 6.82. The molecule has 0 radical (unpaired) electrons. The van der Waals surface area contributed by atoms with Crippen molar-refractivity contribution in [2.24, 2.45) is 4.99 Å². The lowest BCUT2D eigenvalue weighted by atomic mass is 10.2. The standard InChI is InChI=1S/C16H23N5O2S2.HI/c1-12-21-14(11-24-12)8-9-19-16(17-2)20-10-13-4-6-15(7-5-13)25(22,23)18-3;/h4-7,11,18H,8-10H2,1-3H3,(H2,17,19,20);1H. The summed E-state index contributed by atoms with van der Waals surface area (Å²) in [6, 6.07) is 6.73. The molecule has 1 heterocycles. The van der Waals surface area contributed by atoms with Gasteiger partial charge in [0.05, 0.1) is 15.6 Å². The van der Waals surface area contributed by atoms with E-state index in [1.165, 1.54) is 7.05 Å². The Morgan fingerprint density at radius 2 is 1.92 bits per heavy atom. The van der Waals surface area contributed by atoms with Gasteiger partial charge in [-0.15, -0.1) is 35.3 Å². The van der Waals surface area contributed by atoms with Gasteiger partial charge in [0.25, 0.3) is 0 Å². The summed E-state index contributed by atoms with van der Waals surface area (Å²) in [5.74, 6) is 0.693. The van der Waals surface area contributed by atoms with Crippen molar-refractivity contribution in [1.82, 2.24) is 20.3 Å². The maximum absolute atomic E-state index is 11.7. The number of nitrogens with one attached hydrogen (secondary N) is 3. The number of nitrogens with zero attached hydrogens (tertiary/aromatic N) is 2. The number of hydrogen-bond acceptors (Lipinski definition) is 5. The Morgan fingerprint density at radius 3 is 2.46 bits per heavy atom. The topological polar surface area (TPSA) is 95.5 Å². The highest BCUT2D eigenvalue weighted by atomic mass is 127. The van der Waals surface area contributed by atoms with Crippen LogP contribution in [0.5, 0.6) is 0 Å². The predicted molar refractivity (Wildman–Crippen MR) is 117 cm³/mol. The molecular formula is C16H24IN5O2S2. The SMILES string of the molecule is CN=C(NCCc1csc(C)n1)NCc1ccc(S(=O)(=O)NC)cc1.I. The molecule has 0 fully saturated rings. The van der Waals surface area contributed by atoms with Crippen LogP contribution in [0, 0.1) is 6.92 Å². The zero-order valence-electron chi connectivity index (χ0n) is 14.9. The van der Waals surface area contributed by atoms with Gasteiger partial charge in [-0.3, -0.25) is 4.99 Å². The molecule has 0 aliphatic heterocycles. The minimum atomic E-state index is -3.40. The first-order valence-corrected chi connectivity index (χ1v) is 10.2. The number of guanidine groups is 1. The van der Waals surface area contributed by atoms with Gasteiger partial charge >= 0.3 is 0 Å². The average molecular weight is 509 g/mol. The zero-order valence-corrected chi connectivity index (χ0v) is 18.9. The van der Waals surface area contributed by atoms with Crippen LogP contribution in [-0.2, 0) is 23.0 Å². The number of halogens is 1. The Morgan fingerprint density at radius 1 is 1.23 bits per heavy atom. The number of rotatable bonds is 7. The Bertz CT molecular complexity index is 819. The van der Waals surface area contributed by atoms with Gasteiger partial charge < -0.3 is 10.6 Å². The van der Waals surface area contributed by atoms with E-state index >= 15 is 0 Å². The van der Waals surface area contributed by atoms with Crippen LogP contribution in [0.25, 0.3) is 0 Å². The predicted octanol–water partition coefficient (Wildman–Crippen LogP) is 1.89. The van der Waals surface area contributed by atoms with E-state index in [1.54, 1.807) is 42.6 Å². The van der Waals surface area contributed by atoms with E-state index in [0.29, 0.717) is 12.5 Å². The number of aliphatic imine (C=N–C) groups is 1. The van der Waals surface area contributed by atoms with Crippen molar-refractivity contribution in [2.75, 3.05) is 20.6 Å². The number of thiazole rings is 1. The number of sulfonamides is 1. The summed E-state index contributed by atoms with van der Waals surface area (Å²) in [6.45, 7) is 3.28. The van der Waals surface area contributed by atoms with Gasteiger partial charge in [0.15, 0.2) is 5.96 Å². The van der Waals surface area contributed by atoms with Crippen molar-refractivity contribution < 1.29 is 8.42 Å². The molecule has 7 nitrogen and oxygen atoms in total. The molecule has 0 amide bonds. The van der Waals surface area contributed by atoms with Gasteiger partial charge in [-0.2, -0.15) is 0 Å². The zero-order chi connectivity index (χ0) is 18.3. The van der Waals surface area contributed by atoms with Crippen molar-refractivity contribution >= 4 is 51.3 Å². The van der Waals surface area contributed by atoms with Crippen molar-refractivity contribution in [1.29, 1.82) is 0 Å². The summed E-state index contributed by atoms with van der Waals surface area (Å²) in [6.07, 6.45) is 0.835. The summed E-state index contributed by atoms with van der Waals surface area (Å²) < 4.78 is 25.7. The van der Waals surface area contributed by atoms with Crippen molar-refractivity contribution in [3.05, 3.63) is 45.9 Å². The van der Waals surface area contributed by atoms with Crippen LogP contribution in [0.1, 0.15) is 16.3 Å². The highest BCUT2D eigenvalue weighted by molar-refractivity contribution is 14.0. The summed E-state index contributed by atoms with van der Waals surface area (Å²) in [5, 5.41) is 9.58. The lowest BCUT2D eigenvalue weighted by molar-refractivity contribution is 0.588. The minimum Gasteiger partial charge on any atom is -0.356 e. The van der Waals surface area contributed by atoms with Gasteiger partial charge in [-0.25, -0.2) is 18.1 Å². The van der Waals surface area contributed by atoms with Crippen LogP contribution in [-0.4, -0.2) is 40.0 Å². The molecule has 2 rings (SSSR count). The fraction of sp³-hybridized carbons (Fsp3) is 0.375. The Kier molecular flexibility index (Phi) is 9.47. The molecule has 0 atom stereocenters. The van der Waals surface area contributed by atoms with Crippen LogP contribution in [0.15, 0.2) is 39.5 Å². The van der Waals surface area contributed by atoms with Crippen LogP contribution >= 0.6 is 35.3 Å². The smallest absolute Gasteiger partial charge is 0.240 e. The molecule has 1 aromatic heterocycles. The summed E-state index contributed by atoms with van der Waals surface area (Å²) >= 11 is 1.65. The van der Waals surface area contributed by atoms with E-state index < -0.39 is 10.0 Å². The fourth-order valence-corrected chi connectivity index (χ4v) is 3.52. The maximum Gasteiger partial charge on any atom is 0.240 e. The molecule has 0 aliphatic rings. The molecule has 144 valence electrons. The van der Waals surface area contributed by atoms with Gasteiger partial charge in [-0.1, -0.05) is 12.1 Å². The lowest BCUT2D eigenvalue weighted by Crippen LogP contribution is -2.37. The molecule has 26 heavy (non-hydrogen) atoms. The van der Waals surface area contributed by atoms with Crippen LogP contribution in [0.3, 0.4) is 0 Å². The number of benzene rings is 1. The minimum absolute atomic E-state index is 0. The van der Waals surface area contributed by atoms with Gasteiger partial charge in [0, 0.05) is 31.9 Å². The summed E-state index contributed by atoms with van der Waals surface area (Å²) in [5.41, 5.74) is 2.04. The molecule has 0 bridgehead atoms. The highest BCUT2D eigenvalue weighted by Gasteiger charge is 2.10. The number of hydrogen-bond donors (Lipinski definition) is 3. The lowest BCUT2D eigenvalue weighted by Gasteiger charge is -2.12. The van der Waals surface area contributed by atoms with Gasteiger partial charge in [-0.05, 0) is 31.7 Å². The summed E-state index contributed by atoms with van der Waals surface area (Å²) in [7, 11) is -0.290. The van der Waals surface area contributed by atoms with E-state index in [2.05, 4.69) is 30.7 Å². The maximum atomic E-state index is 11.7. The second-order valence-electron chi connectivity index (χ2n) is 5.31. The van der Waals surface area contributed by atoms with Gasteiger partial charge in [0.1, 0.15) is 0 Å². The van der Waals surface area contributed by atoms with Crippen molar-refractivity contribution in [2.45, 2.75) is 24.8 Å². The number of aromatic nitrogens is 1. The highest BCUT2D eigenvalue weighted by Crippen LogP contribution is 2.10. The van der Waals surface area contributed by atoms with Crippen molar-refractivity contribution in [3.63, 3.8) is 0 Å². The average Bonchev–Trinajstić information content (AvgIpc) is 3.03. The molecular weight excluding hydrogens is 485 g/mol. The Balaban J connectivity index is 0.00000338. The second kappa shape index (κ2) is 10.8. The van der Waals surface area contributed by atoms with Crippen LogP contribution in [0.2, 0.25) is 0 Å². The monoisotopic (exact) mass is 509 g/mol. The normalized spacial score (nSPS) is 11.7. The molecule has 0 saturated carbocycles. The Hall–Kier alpha value is -1.24. The largest absolute Gasteiger partial charge is 0.356 e. The third-order valence-corrected chi connectivity index (χ3v) is 5.78. The van der Waals surface area contributed by atoms with Gasteiger partial charge in [0.2, 0.25) is 10.0 Å². The molecule has 1 aromatic carbocycles. The number of aryl methyl sites for hydroxylation is 1. The Labute approximate surface area is 175 Å². The molecule has 0 aliphatic carbocycles. The first-order valence-electron chi connectivity index (χ1n) is 7.82. The van der Waals surface area contributed by atoms with Crippen LogP contribution < -0.4 is 15.4 Å². The van der Waals surface area contributed by atoms with E-state index in [4.69, 9.17) is 0 Å². The quantitative estimate of drug-likeness (QED) is 0.301. The van der Waals surface area contributed by atoms with Crippen LogP contribution in [0.4, 0.5) is 0 Å². The summed E-state index contributed by atoms with van der Waals surface area (Å²) in [4.78, 5) is 8.86. The molecule has 10 heteroatoms. The second-order valence-corrected chi connectivity index (χ2v) is 8.26. The van der Waals surface area contributed by atoms with E-state index in [9.17, 15) is 8.42 Å². The van der Waals surface area contributed by atoms with E-state index in [0.717, 1.165) is 29.2 Å². The van der Waals surface area contributed by atoms with E-state index in [1.807, 2.05) is 6.92 Å². The molecule has 0 unspecified atom stereocenters. The fourth-order valence-electron chi connectivity index (χ4n) is 2.14. The van der Waals surface area contributed by atoms with E-state index in [-0.39, 0.29) is 28.9 Å². The molecule has 2 aromatic rings. The first kappa shape index (κ1) is 22.8. The molecule has 0 spiro atoms. The molecule has 3 N–H and O–H groups in total.